The smallest absolute Gasteiger partial charge is 0.457 e. The van der Waals surface area contributed by atoms with Crippen molar-refractivity contribution >= 4 is 5.97 Å². The van der Waals surface area contributed by atoms with E-state index in [-0.39, 0.29) is 0 Å². The van der Waals surface area contributed by atoms with E-state index in [0.717, 1.165) is 0 Å². The van der Waals surface area contributed by atoms with Gasteiger partial charge in [0.2, 0.25) is 0 Å². The second-order valence-electron chi connectivity index (χ2n) is 6.06. The number of rotatable bonds is 7. The molecule has 0 aliphatic rings. The van der Waals surface area contributed by atoms with Crippen molar-refractivity contribution in [3.63, 3.8) is 0 Å². The highest BCUT2D eigenvalue weighted by Crippen LogP contribution is 2.56. The van der Waals surface area contributed by atoms with Gasteiger partial charge in [0.25, 0.3) is 5.67 Å². The number of esters is 1. The Kier molecular flexibility index (Phi) is 6.70. The highest BCUT2D eigenvalue weighted by Gasteiger charge is 2.82. The van der Waals surface area contributed by atoms with Crippen molar-refractivity contribution in [2.75, 3.05) is 7.11 Å². The maximum Gasteiger partial charge on any atom is 0.457 e. The Hall–Kier alpha value is -1.98. The molecular formula is C16H15F9O3. The van der Waals surface area contributed by atoms with Crippen LogP contribution < -0.4 is 0 Å². The number of halogens is 9. The van der Waals surface area contributed by atoms with Crippen LogP contribution in [0, 0.1) is 0 Å². The lowest BCUT2D eigenvalue weighted by atomic mass is 9.80. The number of hydrogen-bond acceptors (Lipinski definition) is 3. The summed E-state index contributed by atoms with van der Waals surface area (Å²) < 4.78 is 122. The lowest BCUT2D eigenvalue weighted by Crippen LogP contribution is -2.65. The van der Waals surface area contributed by atoms with Crippen molar-refractivity contribution in [1.29, 1.82) is 0 Å². The molecule has 0 aromatic heterocycles. The molecule has 3 nitrogen and oxygen atoms in total. The fourth-order valence-corrected chi connectivity index (χ4v) is 2.47. The Labute approximate surface area is 153 Å². The molecular weight excluding hydrogens is 411 g/mol. The molecule has 0 spiro atoms. The molecule has 2 unspecified atom stereocenters. The average Bonchev–Trinajstić information content (AvgIpc) is 2.58. The van der Waals surface area contributed by atoms with E-state index in [1.54, 1.807) is 0 Å². The molecule has 0 aliphatic heterocycles. The molecule has 0 fully saturated rings. The first-order chi connectivity index (χ1) is 12.5. The number of carbonyl (C=O) groups excluding carboxylic acids is 1. The Morgan fingerprint density at radius 3 is 1.82 bits per heavy atom. The van der Waals surface area contributed by atoms with E-state index < -0.39 is 54.8 Å². The fourth-order valence-electron chi connectivity index (χ4n) is 2.47. The molecule has 12 heteroatoms. The standard InChI is InChI=1S/C16H15F9O3/c1-28-11(26)12(27,8-7-10-5-3-2-4-6-10)9-13(17,15(20,21)22)14(18,19)16(23,24)25/h2-6,27H,7-9H2,1H3. The number of hydrogen-bond donors (Lipinski definition) is 1. The summed E-state index contributed by atoms with van der Waals surface area (Å²) in [4.78, 5) is 11.7. The van der Waals surface area contributed by atoms with E-state index in [0.29, 0.717) is 12.7 Å². The molecule has 160 valence electrons. The number of methoxy groups -OCH3 is 1. The van der Waals surface area contributed by atoms with Gasteiger partial charge in [0.15, 0.2) is 5.60 Å². The number of benzene rings is 1. The van der Waals surface area contributed by atoms with Gasteiger partial charge >= 0.3 is 24.2 Å². The highest BCUT2D eigenvalue weighted by molar-refractivity contribution is 5.79. The largest absolute Gasteiger partial charge is 0.467 e. The fraction of sp³-hybridized carbons (Fsp3) is 0.562. The predicted molar refractivity (Wildman–Crippen MR) is 77.2 cm³/mol. The molecule has 2 atom stereocenters. The first-order valence-electron chi connectivity index (χ1n) is 7.57. The third kappa shape index (κ3) is 4.53. The van der Waals surface area contributed by atoms with Gasteiger partial charge in [-0.15, -0.1) is 0 Å². The summed E-state index contributed by atoms with van der Waals surface area (Å²) in [6, 6.07) is 7.22. The van der Waals surface area contributed by atoms with Crippen molar-refractivity contribution in [2.24, 2.45) is 0 Å². The minimum atomic E-state index is -6.94. The van der Waals surface area contributed by atoms with Gasteiger partial charge in [-0.2, -0.15) is 35.1 Å². The van der Waals surface area contributed by atoms with E-state index in [9.17, 15) is 49.4 Å². The van der Waals surface area contributed by atoms with Gasteiger partial charge < -0.3 is 9.84 Å². The van der Waals surface area contributed by atoms with Gasteiger partial charge in [-0.1, -0.05) is 30.3 Å². The van der Waals surface area contributed by atoms with Gasteiger partial charge in [-0.05, 0) is 18.4 Å². The molecule has 0 radical (unpaired) electrons. The topological polar surface area (TPSA) is 46.5 Å². The van der Waals surface area contributed by atoms with E-state index >= 15 is 0 Å². The van der Waals surface area contributed by atoms with Gasteiger partial charge in [0, 0.05) is 6.42 Å². The van der Waals surface area contributed by atoms with Crippen molar-refractivity contribution in [1.82, 2.24) is 0 Å². The quantitative estimate of drug-likeness (QED) is 0.520. The second kappa shape index (κ2) is 7.80. The first kappa shape index (κ1) is 24.1. The maximum absolute atomic E-state index is 14.3. The Balaban J connectivity index is 3.37. The molecule has 0 saturated carbocycles. The number of aliphatic hydroxyl groups is 1. The zero-order chi connectivity index (χ0) is 22.0. The third-order valence-electron chi connectivity index (χ3n) is 4.07. The number of carbonyl (C=O) groups is 1. The molecule has 28 heavy (non-hydrogen) atoms. The van der Waals surface area contributed by atoms with E-state index in [2.05, 4.69) is 4.74 Å². The first-order valence-corrected chi connectivity index (χ1v) is 7.57. The van der Waals surface area contributed by atoms with E-state index in [4.69, 9.17) is 0 Å². The third-order valence-corrected chi connectivity index (χ3v) is 4.07. The summed E-state index contributed by atoms with van der Waals surface area (Å²) in [5, 5.41) is 10.2. The van der Waals surface area contributed by atoms with Crippen LogP contribution in [0.1, 0.15) is 18.4 Å². The van der Waals surface area contributed by atoms with E-state index in [1.165, 1.54) is 30.3 Å². The summed E-state index contributed by atoms with van der Waals surface area (Å²) >= 11 is 0. The minimum absolute atomic E-state index is 0.295. The molecule has 1 N–H and O–H groups in total. The summed E-state index contributed by atoms with van der Waals surface area (Å²) in [5.41, 5.74) is -9.59. The Bertz CT molecular complexity index is 672. The normalized spacial score (nSPS) is 17.5. The van der Waals surface area contributed by atoms with Crippen LogP contribution in [0.3, 0.4) is 0 Å². The number of alkyl halides is 9. The molecule has 0 amide bonds. The molecule has 0 saturated heterocycles. The monoisotopic (exact) mass is 426 g/mol. The van der Waals surface area contributed by atoms with Crippen molar-refractivity contribution in [3.05, 3.63) is 35.9 Å². The summed E-state index contributed by atoms with van der Waals surface area (Å²) in [6.07, 6.45) is -18.1. The van der Waals surface area contributed by atoms with Crippen LogP contribution in [-0.2, 0) is 16.0 Å². The van der Waals surface area contributed by atoms with Crippen LogP contribution in [0.25, 0.3) is 0 Å². The van der Waals surface area contributed by atoms with Gasteiger partial charge in [0.05, 0.1) is 7.11 Å². The maximum atomic E-state index is 14.3. The van der Waals surface area contributed by atoms with Crippen LogP contribution in [0.2, 0.25) is 0 Å². The van der Waals surface area contributed by atoms with E-state index in [1.807, 2.05) is 0 Å². The molecule has 1 rings (SSSR count). The second-order valence-corrected chi connectivity index (χ2v) is 6.06. The summed E-state index contributed by atoms with van der Waals surface area (Å²) in [5.74, 6) is -8.92. The van der Waals surface area contributed by atoms with Gasteiger partial charge in [-0.25, -0.2) is 9.18 Å². The van der Waals surface area contributed by atoms with Crippen LogP contribution in [0.4, 0.5) is 39.5 Å². The molecule has 0 aliphatic carbocycles. The zero-order valence-corrected chi connectivity index (χ0v) is 14.2. The van der Waals surface area contributed by atoms with Crippen LogP contribution in [0.15, 0.2) is 30.3 Å². The zero-order valence-electron chi connectivity index (χ0n) is 14.2. The number of ether oxygens (including phenoxy) is 1. The minimum Gasteiger partial charge on any atom is -0.467 e. The predicted octanol–water partition coefficient (Wildman–Crippen LogP) is 4.38. The molecule has 0 heterocycles. The van der Waals surface area contributed by atoms with Crippen molar-refractivity contribution in [3.8, 4) is 0 Å². The van der Waals surface area contributed by atoms with Crippen LogP contribution in [0.5, 0.6) is 0 Å². The van der Waals surface area contributed by atoms with Crippen molar-refractivity contribution in [2.45, 2.75) is 48.8 Å². The average molecular weight is 426 g/mol. The summed E-state index contributed by atoms with van der Waals surface area (Å²) in [6.45, 7) is 0. The van der Waals surface area contributed by atoms with Crippen LogP contribution in [-0.4, -0.2) is 47.7 Å². The highest BCUT2D eigenvalue weighted by atomic mass is 19.4. The SMILES string of the molecule is COC(=O)C(O)(CCc1ccccc1)CC(F)(C(F)(F)F)C(F)(F)C(F)(F)F. The lowest BCUT2D eigenvalue weighted by Gasteiger charge is -2.39. The van der Waals surface area contributed by atoms with Gasteiger partial charge in [-0.3, -0.25) is 0 Å². The Morgan fingerprint density at radius 1 is 0.929 bits per heavy atom. The van der Waals surface area contributed by atoms with Gasteiger partial charge in [0.1, 0.15) is 0 Å². The number of aryl methyl sites for hydroxylation is 1. The molecule has 1 aromatic rings. The Morgan fingerprint density at radius 2 is 1.43 bits per heavy atom. The lowest BCUT2D eigenvalue weighted by molar-refractivity contribution is -0.389. The molecule has 1 aromatic carbocycles. The van der Waals surface area contributed by atoms with Crippen molar-refractivity contribution < 1.29 is 54.2 Å². The summed E-state index contributed by atoms with van der Waals surface area (Å²) in [7, 11) is 0.547. The van der Waals surface area contributed by atoms with Crippen LogP contribution >= 0.6 is 0 Å². The molecule has 0 bridgehead atoms.